The minimum atomic E-state index is -0.288. The maximum atomic E-state index is 12.2. The summed E-state index contributed by atoms with van der Waals surface area (Å²) in [5, 5.41) is 13.0. The number of hydrogen-bond donors (Lipinski definition) is 1. The summed E-state index contributed by atoms with van der Waals surface area (Å²) in [6, 6.07) is 4.73. The molecule has 1 fully saturated rings. The van der Waals surface area contributed by atoms with E-state index in [0.29, 0.717) is 20.7 Å². The van der Waals surface area contributed by atoms with Crippen LogP contribution in [-0.4, -0.2) is 53.9 Å². The Morgan fingerprint density at radius 2 is 2.04 bits per heavy atom. The molecule has 9 heteroatoms. The van der Waals surface area contributed by atoms with Crippen LogP contribution in [0.3, 0.4) is 0 Å². The van der Waals surface area contributed by atoms with Crippen LogP contribution in [0.1, 0.15) is 15.4 Å². The molecule has 0 unspecified atom stereocenters. The lowest BCUT2D eigenvalue weighted by Gasteiger charge is -2.25. The average Bonchev–Trinajstić information content (AvgIpc) is 3.04. The molecule has 1 aliphatic heterocycles. The molecule has 1 amide bonds. The molecule has 0 spiro atoms. The van der Waals surface area contributed by atoms with Gasteiger partial charge in [0.25, 0.3) is 5.91 Å². The summed E-state index contributed by atoms with van der Waals surface area (Å²) in [6.45, 7) is 4.36. The van der Waals surface area contributed by atoms with Crippen molar-refractivity contribution >= 4 is 45.6 Å². The Labute approximate surface area is 153 Å². The summed E-state index contributed by atoms with van der Waals surface area (Å²) in [5.41, 5.74) is 0.425. The standard InChI is InChI=1S/C15H16Cl2N4O2S/c16-11-2-1-10(9-12(11)17)14(22)18-15-20-19-13(24-15)3-4-21-5-7-23-8-6-21/h1-2,9H,3-8H2,(H,18,20,22). The van der Waals surface area contributed by atoms with Gasteiger partial charge in [-0.05, 0) is 18.2 Å². The van der Waals surface area contributed by atoms with E-state index in [4.69, 9.17) is 27.9 Å². The Kier molecular flexibility index (Phi) is 6.02. The molecule has 1 saturated heterocycles. The van der Waals surface area contributed by atoms with Crippen LogP contribution in [0, 0.1) is 0 Å². The first-order valence-electron chi connectivity index (χ1n) is 7.51. The molecule has 0 atom stereocenters. The van der Waals surface area contributed by atoms with Crippen LogP contribution < -0.4 is 5.32 Å². The molecule has 0 bridgehead atoms. The molecule has 2 heterocycles. The number of ether oxygens (including phenoxy) is 1. The number of benzene rings is 1. The highest BCUT2D eigenvalue weighted by Gasteiger charge is 2.14. The Bertz CT molecular complexity index is 719. The number of morpholine rings is 1. The summed E-state index contributed by atoms with van der Waals surface area (Å²) in [6.07, 6.45) is 0.806. The minimum Gasteiger partial charge on any atom is -0.379 e. The number of nitrogens with zero attached hydrogens (tertiary/aromatic N) is 3. The largest absolute Gasteiger partial charge is 0.379 e. The van der Waals surface area contributed by atoms with E-state index in [2.05, 4.69) is 20.4 Å². The van der Waals surface area contributed by atoms with Crippen molar-refractivity contribution in [1.29, 1.82) is 0 Å². The summed E-state index contributed by atoms with van der Waals surface area (Å²) >= 11 is 13.2. The molecule has 1 N–H and O–H groups in total. The van der Waals surface area contributed by atoms with Gasteiger partial charge in [0, 0.05) is 31.6 Å². The fourth-order valence-corrected chi connectivity index (χ4v) is 3.31. The van der Waals surface area contributed by atoms with Gasteiger partial charge < -0.3 is 4.74 Å². The van der Waals surface area contributed by atoms with Crippen molar-refractivity contribution in [1.82, 2.24) is 15.1 Å². The van der Waals surface area contributed by atoms with E-state index < -0.39 is 0 Å². The predicted octanol–water partition coefficient (Wildman–Crippen LogP) is 2.97. The molecule has 2 aromatic rings. The Balaban J connectivity index is 1.55. The van der Waals surface area contributed by atoms with E-state index in [9.17, 15) is 4.79 Å². The van der Waals surface area contributed by atoms with Crippen LogP contribution in [0.2, 0.25) is 10.0 Å². The maximum absolute atomic E-state index is 12.2. The van der Waals surface area contributed by atoms with E-state index in [1.165, 1.54) is 17.4 Å². The van der Waals surface area contributed by atoms with Crippen molar-refractivity contribution in [3.05, 3.63) is 38.8 Å². The van der Waals surface area contributed by atoms with Gasteiger partial charge in [0.1, 0.15) is 5.01 Å². The van der Waals surface area contributed by atoms with Gasteiger partial charge >= 0.3 is 0 Å². The first-order chi connectivity index (χ1) is 11.6. The monoisotopic (exact) mass is 386 g/mol. The number of halogens is 2. The number of hydrogen-bond acceptors (Lipinski definition) is 6. The van der Waals surface area contributed by atoms with Gasteiger partial charge in [-0.3, -0.25) is 15.0 Å². The van der Waals surface area contributed by atoms with Gasteiger partial charge in [-0.2, -0.15) is 0 Å². The second-order valence-corrected chi connectivity index (χ2v) is 7.16. The fraction of sp³-hybridized carbons (Fsp3) is 0.400. The predicted molar refractivity (Wildman–Crippen MR) is 95.3 cm³/mol. The quantitative estimate of drug-likeness (QED) is 0.855. The van der Waals surface area contributed by atoms with Crippen LogP contribution in [0.5, 0.6) is 0 Å². The van der Waals surface area contributed by atoms with Gasteiger partial charge in [0.05, 0.1) is 23.3 Å². The van der Waals surface area contributed by atoms with Crippen molar-refractivity contribution in [2.24, 2.45) is 0 Å². The highest BCUT2D eigenvalue weighted by atomic mass is 35.5. The van der Waals surface area contributed by atoms with Crippen LogP contribution >= 0.6 is 34.5 Å². The third-order valence-corrected chi connectivity index (χ3v) is 5.25. The average molecular weight is 387 g/mol. The normalized spacial score (nSPS) is 15.4. The number of anilines is 1. The minimum absolute atomic E-state index is 0.288. The third-order valence-electron chi connectivity index (χ3n) is 3.61. The van der Waals surface area contributed by atoms with Gasteiger partial charge in [-0.15, -0.1) is 10.2 Å². The zero-order chi connectivity index (χ0) is 16.9. The molecule has 0 saturated carbocycles. The number of amides is 1. The zero-order valence-corrected chi connectivity index (χ0v) is 15.1. The summed E-state index contributed by atoms with van der Waals surface area (Å²) in [5.74, 6) is -0.288. The van der Waals surface area contributed by atoms with E-state index in [0.717, 1.165) is 44.3 Å². The Hall–Kier alpha value is -1.25. The fourth-order valence-electron chi connectivity index (χ4n) is 2.29. The van der Waals surface area contributed by atoms with Gasteiger partial charge in [0.15, 0.2) is 0 Å². The molecule has 1 aliphatic rings. The number of carbonyl (C=O) groups is 1. The van der Waals surface area contributed by atoms with Crippen molar-refractivity contribution in [2.45, 2.75) is 6.42 Å². The SMILES string of the molecule is O=C(Nc1nnc(CCN2CCOCC2)s1)c1ccc(Cl)c(Cl)c1. The van der Waals surface area contributed by atoms with E-state index in [-0.39, 0.29) is 5.91 Å². The van der Waals surface area contributed by atoms with Gasteiger partial charge in [-0.25, -0.2) is 0 Å². The first-order valence-corrected chi connectivity index (χ1v) is 9.08. The van der Waals surface area contributed by atoms with Crippen LogP contribution in [0.15, 0.2) is 18.2 Å². The van der Waals surface area contributed by atoms with Crippen molar-refractivity contribution in [3.8, 4) is 0 Å². The van der Waals surface area contributed by atoms with E-state index in [1.54, 1.807) is 12.1 Å². The summed E-state index contributed by atoms with van der Waals surface area (Å²) in [7, 11) is 0. The highest BCUT2D eigenvalue weighted by Crippen LogP contribution is 2.23. The summed E-state index contributed by atoms with van der Waals surface area (Å²) < 4.78 is 5.33. The van der Waals surface area contributed by atoms with Crippen LogP contribution in [0.4, 0.5) is 5.13 Å². The number of aromatic nitrogens is 2. The molecule has 128 valence electrons. The molecular weight excluding hydrogens is 371 g/mol. The number of carbonyl (C=O) groups excluding carboxylic acids is 1. The van der Waals surface area contributed by atoms with Crippen molar-refractivity contribution < 1.29 is 9.53 Å². The smallest absolute Gasteiger partial charge is 0.257 e. The Morgan fingerprint density at radius 1 is 1.25 bits per heavy atom. The van der Waals surface area contributed by atoms with E-state index >= 15 is 0 Å². The molecular formula is C15H16Cl2N4O2S. The zero-order valence-electron chi connectivity index (χ0n) is 12.8. The van der Waals surface area contributed by atoms with Crippen LogP contribution in [0.25, 0.3) is 0 Å². The topological polar surface area (TPSA) is 67.4 Å². The van der Waals surface area contributed by atoms with E-state index in [1.807, 2.05) is 0 Å². The highest BCUT2D eigenvalue weighted by molar-refractivity contribution is 7.15. The molecule has 0 radical (unpaired) electrons. The first kappa shape index (κ1) is 17.6. The van der Waals surface area contributed by atoms with Crippen molar-refractivity contribution in [2.75, 3.05) is 38.2 Å². The lowest BCUT2D eigenvalue weighted by molar-refractivity contribution is 0.0384. The van der Waals surface area contributed by atoms with Gasteiger partial charge in [0.2, 0.25) is 5.13 Å². The molecule has 0 aliphatic carbocycles. The Morgan fingerprint density at radius 3 is 2.79 bits per heavy atom. The molecule has 3 rings (SSSR count). The molecule has 1 aromatic carbocycles. The lowest BCUT2D eigenvalue weighted by Crippen LogP contribution is -2.37. The number of rotatable bonds is 5. The molecule has 6 nitrogen and oxygen atoms in total. The molecule has 1 aromatic heterocycles. The second-order valence-electron chi connectivity index (χ2n) is 5.29. The van der Waals surface area contributed by atoms with Crippen molar-refractivity contribution in [3.63, 3.8) is 0 Å². The summed E-state index contributed by atoms with van der Waals surface area (Å²) in [4.78, 5) is 14.5. The second kappa shape index (κ2) is 8.22. The number of nitrogens with one attached hydrogen (secondary N) is 1. The third kappa shape index (κ3) is 4.64. The molecule has 24 heavy (non-hydrogen) atoms. The van der Waals surface area contributed by atoms with Crippen LogP contribution in [-0.2, 0) is 11.2 Å². The lowest BCUT2D eigenvalue weighted by atomic mass is 10.2. The maximum Gasteiger partial charge on any atom is 0.257 e. The van der Waals surface area contributed by atoms with Gasteiger partial charge in [-0.1, -0.05) is 34.5 Å².